The maximum absolute atomic E-state index is 13.9. The van der Waals surface area contributed by atoms with Crippen LogP contribution in [0.2, 0.25) is 0 Å². The van der Waals surface area contributed by atoms with E-state index in [0.29, 0.717) is 18.2 Å². The van der Waals surface area contributed by atoms with Crippen molar-refractivity contribution in [2.75, 3.05) is 0 Å². The molecule has 222 valence electrons. The van der Waals surface area contributed by atoms with Crippen LogP contribution in [0.5, 0.6) is 17.2 Å². The van der Waals surface area contributed by atoms with Gasteiger partial charge < -0.3 is 19.3 Å². The Morgan fingerprint density at radius 3 is 1.60 bits per heavy atom. The number of aliphatic hydroxyl groups is 1. The van der Waals surface area contributed by atoms with E-state index >= 15 is 0 Å². The van der Waals surface area contributed by atoms with Gasteiger partial charge in [0.15, 0.2) is 11.6 Å². The topological polar surface area (TPSA) is 82.1 Å². The summed E-state index contributed by atoms with van der Waals surface area (Å²) in [4.78, 5) is 23.7. The van der Waals surface area contributed by atoms with E-state index in [-0.39, 0.29) is 18.2 Å². The van der Waals surface area contributed by atoms with E-state index in [9.17, 15) is 71.1 Å². The largest absolute Gasteiger partial charge is 0.460 e. The highest BCUT2D eigenvalue weighted by Crippen LogP contribution is 2.48. The molecule has 2 rings (SSSR count). The van der Waals surface area contributed by atoms with Gasteiger partial charge in [0.05, 0.1) is 0 Å². The van der Waals surface area contributed by atoms with Crippen LogP contribution in [0.4, 0.5) is 61.5 Å². The van der Waals surface area contributed by atoms with Crippen molar-refractivity contribution in [3.05, 3.63) is 54.1 Å². The van der Waals surface area contributed by atoms with Crippen molar-refractivity contribution in [2.45, 2.75) is 35.9 Å². The Hall–Kier alpha value is -3.84. The Morgan fingerprint density at radius 1 is 0.625 bits per heavy atom. The smallest absolute Gasteiger partial charge is 0.449 e. The zero-order valence-electron chi connectivity index (χ0n) is 18.3. The molecule has 0 fully saturated rings. The number of rotatable bonds is 6. The molecular weight excluding hydrogens is 602 g/mol. The van der Waals surface area contributed by atoms with Crippen molar-refractivity contribution in [1.82, 2.24) is 0 Å². The molecule has 2 aromatic carbocycles. The minimum Gasteiger partial charge on any atom is -0.460 e. The van der Waals surface area contributed by atoms with Gasteiger partial charge in [-0.3, -0.25) is 0 Å². The quantitative estimate of drug-likeness (QED) is 0.262. The Labute approximate surface area is 210 Å². The fourth-order valence-electron chi connectivity index (χ4n) is 2.63. The van der Waals surface area contributed by atoms with Gasteiger partial charge in [0.1, 0.15) is 17.3 Å². The highest BCUT2D eigenvalue weighted by Gasteiger charge is 2.80. The van der Waals surface area contributed by atoms with Crippen molar-refractivity contribution < 1.29 is 90.4 Å². The molecule has 0 spiro atoms. The lowest BCUT2D eigenvalue weighted by molar-refractivity contribution is -0.354. The molecule has 6 nitrogen and oxygen atoms in total. The van der Waals surface area contributed by atoms with Crippen LogP contribution in [-0.4, -0.2) is 53.0 Å². The number of benzene rings is 2. The summed E-state index contributed by atoms with van der Waals surface area (Å²) >= 11 is 0. The Bertz CT molecular complexity index is 1230. The second-order valence-corrected chi connectivity index (χ2v) is 7.31. The average Bonchev–Trinajstić information content (AvgIpc) is 2.75. The lowest BCUT2D eigenvalue weighted by Gasteiger charge is -2.35. The molecule has 1 N–H and O–H groups in total. The summed E-state index contributed by atoms with van der Waals surface area (Å²) < 4.78 is 197. The van der Waals surface area contributed by atoms with Crippen LogP contribution in [-0.2, 0) is 9.59 Å². The highest BCUT2D eigenvalue weighted by atomic mass is 19.4. The second kappa shape index (κ2) is 10.3. The fourth-order valence-corrected chi connectivity index (χ4v) is 2.63. The highest BCUT2D eigenvalue weighted by molar-refractivity contribution is 5.85. The SMILES string of the molecule is O=C(Oc1cc(OC(C(=O)Oc2cccc(F)c2)(C(F)(F)F)C(F)(F)F)ccc1F)C(O)(C(F)(F)F)C(F)(F)F. The zero-order chi connectivity index (χ0) is 31.1. The van der Waals surface area contributed by atoms with Gasteiger partial charge in [-0.2, -0.15) is 52.7 Å². The summed E-state index contributed by atoms with van der Waals surface area (Å²) in [5.74, 6) is -15.9. The molecule has 0 atom stereocenters. The molecule has 0 aliphatic carbocycles. The van der Waals surface area contributed by atoms with Gasteiger partial charge >= 0.3 is 47.8 Å². The number of halogens is 14. The first-order valence-corrected chi connectivity index (χ1v) is 9.56. The third-order valence-electron chi connectivity index (χ3n) is 4.58. The maximum Gasteiger partial charge on any atom is 0.449 e. The standard InChI is InChI=1S/C20H8F14O6/c21-8-2-1-3-9(6-8)38-14(36)16(19(29,30)31,20(32,33)34)40-10-4-5-11(22)12(7-10)39-13(35)15(37,17(23,24)25)18(26,27)28/h1-7,37H. The van der Waals surface area contributed by atoms with Crippen molar-refractivity contribution in [2.24, 2.45) is 0 Å². The van der Waals surface area contributed by atoms with Crippen molar-refractivity contribution in [3.8, 4) is 17.2 Å². The van der Waals surface area contributed by atoms with Crippen molar-refractivity contribution in [1.29, 1.82) is 0 Å². The maximum atomic E-state index is 13.9. The number of carbonyl (C=O) groups is 2. The second-order valence-electron chi connectivity index (χ2n) is 7.31. The number of hydrogen-bond donors (Lipinski definition) is 1. The fraction of sp³-hybridized carbons (Fsp3) is 0.300. The van der Waals surface area contributed by atoms with Gasteiger partial charge in [0, 0.05) is 12.1 Å². The van der Waals surface area contributed by atoms with E-state index in [2.05, 4.69) is 14.2 Å². The molecule has 0 unspecified atom stereocenters. The first kappa shape index (κ1) is 32.4. The molecule has 2 aromatic rings. The molecule has 0 saturated carbocycles. The minimum absolute atomic E-state index is 0.131. The Morgan fingerprint density at radius 2 is 1.15 bits per heavy atom. The van der Waals surface area contributed by atoms with Crippen molar-refractivity contribution >= 4 is 11.9 Å². The summed E-state index contributed by atoms with van der Waals surface area (Å²) in [6.45, 7) is 0. The first-order valence-electron chi connectivity index (χ1n) is 9.56. The lowest BCUT2D eigenvalue weighted by Crippen LogP contribution is -2.67. The molecule has 0 saturated heterocycles. The van der Waals surface area contributed by atoms with Gasteiger partial charge in [-0.1, -0.05) is 6.07 Å². The third kappa shape index (κ3) is 5.85. The summed E-state index contributed by atoms with van der Waals surface area (Å²) in [7, 11) is 0. The van der Waals surface area contributed by atoms with Crippen LogP contribution in [0.25, 0.3) is 0 Å². The van der Waals surface area contributed by atoms with Gasteiger partial charge in [-0.05, 0) is 24.3 Å². The minimum atomic E-state index is -6.87. The first-order chi connectivity index (χ1) is 17.9. The number of ether oxygens (including phenoxy) is 3. The Balaban J connectivity index is 2.61. The molecule has 0 bridgehead atoms. The van der Waals surface area contributed by atoms with E-state index in [1.807, 2.05) is 0 Å². The van der Waals surface area contributed by atoms with E-state index in [1.165, 1.54) is 0 Å². The lowest BCUT2D eigenvalue weighted by atomic mass is 10.0. The normalized spacial score (nSPS) is 13.6. The van der Waals surface area contributed by atoms with E-state index < -0.39 is 82.8 Å². The average molecular weight is 610 g/mol. The Kier molecular flexibility index (Phi) is 8.32. The van der Waals surface area contributed by atoms with Gasteiger partial charge in [0.2, 0.25) is 0 Å². The summed E-state index contributed by atoms with van der Waals surface area (Å²) in [5, 5.41) is 8.94. The summed E-state index contributed by atoms with van der Waals surface area (Å²) in [6, 6.07) is 1.12. The van der Waals surface area contributed by atoms with Crippen LogP contribution >= 0.6 is 0 Å². The monoisotopic (exact) mass is 610 g/mol. The molecule has 40 heavy (non-hydrogen) atoms. The van der Waals surface area contributed by atoms with Gasteiger partial charge in [0.25, 0.3) is 0 Å². The van der Waals surface area contributed by atoms with Crippen molar-refractivity contribution in [3.63, 3.8) is 0 Å². The molecular formula is C20H8F14O6. The van der Waals surface area contributed by atoms with Crippen LogP contribution in [0.1, 0.15) is 0 Å². The molecule has 0 aliphatic rings. The predicted octanol–water partition coefficient (Wildman–Crippen LogP) is 5.57. The number of carbonyl (C=O) groups excluding carboxylic acids is 2. The van der Waals surface area contributed by atoms with Crippen LogP contribution in [0.15, 0.2) is 42.5 Å². The number of hydrogen-bond acceptors (Lipinski definition) is 6. The van der Waals surface area contributed by atoms with Gasteiger partial charge in [-0.25, -0.2) is 18.4 Å². The number of esters is 2. The molecule has 0 aromatic heterocycles. The molecule has 0 heterocycles. The summed E-state index contributed by atoms with van der Waals surface area (Å²) in [6.07, 6.45) is -27.4. The summed E-state index contributed by atoms with van der Waals surface area (Å²) in [5.41, 5.74) is -12.4. The molecule has 0 radical (unpaired) electrons. The zero-order valence-corrected chi connectivity index (χ0v) is 18.3. The third-order valence-corrected chi connectivity index (χ3v) is 4.58. The van der Waals surface area contributed by atoms with E-state index in [1.54, 1.807) is 0 Å². The van der Waals surface area contributed by atoms with E-state index in [4.69, 9.17) is 5.11 Å². The predicted molar refractivity (Wildman–Crippen MR) is 96.6 cm³/mol. The van der Waals surface area contributed by atoms with Gasteiger partial charge in [-0.15, -0.1) is 0 Å². The molecule has 0 aliphatic heterocycles. The van der Waals surface area contributed by atoms with Crippen LogP contribution in [0.3, 0.4) is 0 Å². The molecule has 20 heteroatoms. The molecule has 0 amide bonds. The van der Waals surface area contributed by atoms with Crippen LogP contribution in [0, 0.1) is 11.6 Å². The number of alkyl halides is 12. The van der Waals surface area contributed by atoms with Crippen LogP contribution < -0.4 is 14.2 Å². The van der Waals surface area contributed by atoms with E-state index in [0.717, 1.165) is 0 Å².